The van der Waals surface area contributed by atoms with Crippen molar-refractivity contribution in [2.45, 2.75) is 50.8 Å². The molecule has 1 N–H and O–H groups in total. The van der Waals surface area contributed by atoms with Gasteiger partial charge < -0.3 is 10.0 Å². The van der Waals surface area contributed by atoms with Crippen molar-refractivity contribution in [3.8, 4) is 0 Å². The average molecular weight is 382 g/mol. The summed E-state index contributed by atoms with van der Waals surface area (Å²) in [6.45, 7) is 4.97. The van der Waals surface area contributed by atoms with Crippen LogP contribution < -0.4 is 4.90 Å². The highest BCUT2D eigenvalue weighted by Gasteiger charge is 2.28. The van der Waals surface area contributed by atoms with Gasteiger partial charge in [-0.2, -0.15) is 4.31 Å². The number of benzene rings is 1. The monoisotopic (exact) mass is 382 g/mol. The highest BCUT2D eigenvalue weighted by Crippen LogP contribution is 2.31. The summed E-state index contributed by atoms with van der Waals surface area (Å²) in [5.41, 5.74) is 1.61. The smallest absolute Gasteiger partial charge is 0.303 e. The van der Waals surface area contributed by atoms with Crippen LogP contribution in [-0.2, 0) is 26.0 Å². The molecule has 2 rings (SSSR count). The maximum atomic E-state index is 12.6. The van der Waals surface area contributed by atoms with Gasteiger partial charge in [0.2, 0.25) is 15.9 Å². The number of unbranched alkanes of at least 4 members (excludes halogenated alkanes) is 1. The van der Waals surface area contributed by atoms with Crippen molar-refractivity contribution in [1.82, 2.24) is 4.31 Å². The van der Waals surface area contributed by atoms with Crippen LogP contribution in [0.2, 0.25) is 0 Å². The van der Waals surface area contributed by atoms with Gasteiger partial charge in [0.25, 0.3) is 0 Å². The van der Waals surface area contributed by atoms with Gasteiger partial charge in [0.05, 0.1) is 4.90 Å². The summed E-state index contributed by atoms with van der Waals surface area (Å²) < 4.78 is 26.7. The highest BCUT2D eigenvalue weighted by molar-refractivity contribution is 7.89. The van der Waals surface area contributed by atoms with E-state index >= 15 is 0 Å². The fourth-order valence-corrected chi connectivity index (χ4v) is 4.71. The van der Waals surface area contributed by atoms with Crippen LogP contribution in [0.3, 0.4) is 0 Å². The minimum Gasteiger partial charge on any atom is -0.481 e. The molecule has 0 aromatic heterocycles. The Labute approximate surface area is 154 Å². The van der Waals surface area contributed by atoms with Crippen molar-refractivity contribution in [1.29, 1.82) is 0 Å². The molecule has 1 heterocycles. The van der Waals surface area contributed by atoms with Crippen molar-refractivity contribution < 1.29 is 23.1 Å². The van der Waals surface area contributed by atoms with Crippen molar-refractivity contribution in [3.05, 3.63) is 23.8 Å². The van der Waals surface area contributed by atoms with Crippen LogP contribution in [0.5, 0.6) is 0 Å². The number of fused-ring (bicyclic) bond motifs is 1. The second-order valence-corrected chi connectivity index (χ2v) is 8.21. The van der Waals surface area contributed by atoms with E-state index in [9.17, 15) is 18.0 Å². The fourth-order valence-electron chi connectivity index (χ4n) is 3.20. The summed E-state index contributed by atoms with van der Waals surface area (Å²) >= 11 is 0. The van der Waals surface area contributed by atoms with Crippen LogP contribution >= 0.6 is 0 Å². The molecule has 144 valence electrons. The number of carboxylic acids is 1. The second kappa shape index (κ2) is 8.64. The van der Waals surface area contributed by atoms with Crippen molar-refractivity contribution in [2.24, 2.45) is 0 Å². The van der Waals surface area contributed by atoms with Gasteiger partial charge in [-0.3, -0.25) is 9.59 Å². The highest BCUT2D eigenvalue weighted by atomic mass is 32.2. The molecule has 0 fully saturated rings. The van der Waals surface area contributed by atoms with Crippen LogP contribution in [0.1, 0.15) is 45.1 Å². The molecule has 1 aromatic carbocycles. The van der Waals surface area contributed by atoms with Crippen molar-refractivity contribution in [2.75, 3.05) is 24.5 Å². The molecule has 1 amide bonds. The Morgan fingerprint density at radius 3 is 2.42 bits per heavy atom. The van der Waals surface area contributed by atoms with Gasteiger partial charge >= 0.3 is 5.97 Å². The molecule has 8 heteroatoms. The molecule has 0 unspecified atom stereocenters. The molecule has 1 aliphatic rings. The Morgan fingerprint density at radius 1 is 1.15 bits per heavy atom. The van der Waals surface area contributed by atoms with Gasteiger partial charge in [-0.25, -0.2) is 8.42 Å². The zero-order chi connectivity index (χ0) is 19.3. The zero-order valence-electron chi connectivity index (χ0n) is 15.3. The first-order chi connectivity index (χ1) is 12.3. The first kappa shape index (κ1) is 20.4. The summed E-state index contributed by atoms with van der Waals surface area (Å²) in [5.74, 6) is -0.903. The molecule has 0 radical (unpaired) electrons. The van der Waals surface area contributed by atoms with Gasteiger partial charge in [0, 0.05) is 38.2 Å². The molecular weight excluding hydrogens is 356 g/mol. The van der Waals surface area contributed by atoms with Crippen LogP contribution in [0, 0.1) is 0 Å². The molecule has 0 spiro atoms. The Bertz CT molecular complexity index is 772. The standard InChI is InChI=1S/C18H26N2O5S/c1-3-19(4-2)26(24,25)15-9-10-16-14(13-15)11-12-20(16)17(21)7-5-6-8-18(22)23/h9-10,13H,3-8,11-12H2,1-2H3,(H,22,23). The Kier molecular flexibility index (Phi) is 6.77. The van der Waals surface area contributed by atoms with E-state index < -0.39 is 16.0 Å². The number of hydrogen-bond donors (Lipinski definition) is 1. The van der Waals surface area contributed by atoms with Gasteiger partial charge in [-0.1, -0.05) is 13.8 Å². The van der Waals surface area contributed by atoms with Gasteiger partial charge in [0.1, 0.15) is 0 Å². The Balaban J connectivity index is 2.10. The molecule has 0 bridgehead atoms. The first-order valence-corrected chi connectivity index (χ1v) is 10.4. The molecule has 26 heavy (non-hydrogen) atoms. The lowest BCUT2D eigenvalue weighted by molar-refractivity contribution is -0.137. The number of rotatable bonds is 9. The third-order valence-electron chi connectivity index (χ3n) is 4.62. The first-order valence-electron chi connectivity index (χ1n) is 8.96. The number of carbonyl (C=O) groups is 2. The lowest BCUT2D eigenvalue weighted by Gasteiger charge is -2.20. The number of hydrogen-bond acceptors (Lipinski definition) is 4. The maximum absolute atomic E-state index is 12.6. The average Bonchev–Trinajstić information content (AvgIpc) is 3.02. The molecule has 1 aliphatic heterocycles. The van der Waals surface area contributed by atoms with E-state index in [4.69, 9.17) is 5.11 Å². The lowest BCUT2D eigenvalue weighted by Crippen LogP contribution is -2.30. The molecule has 0 atom stereocenters. The van der Waals surface area contributed by atoms with Gasteiger partial charge in [-0.15, -0.1) is 0 Å². The minimum atomic E-state index is -3.51. The summed E-state index contributed by atoms with van der Waals surface area (Å²) in [5, 5.41) is 8.64. The van der Waals surface area contributed by atoms with E-state index in [1.54, 1.807) is 36.9 Å². The van der Waals surface area contributed by atoms with E-state index in [0.29, 0.717) is 45.3 Å². The normalized spacial score (nSPS) is 13.9. The quantitative estimate of drug-likeness (QED) is 0.661. The van der Waals surface area contributed by atoms with E-state index in [1.807, 2.05) is 0 Å². The van der Waals surface area contributed by atoms with Crippen LogP contribution in [0.15, 0.2) is 23.1 Å². The fraction of sp³-hybridized carbons (Fsp3) is 0.556. The number of aliphatic carboxylic acids is 1. The van der Waals surface area contributed by atoms with Crippen LogP contribution in [0.25, 0.3) is 0 Å². The lowest BCUT2D eigenvalue weighted by atomic mass is 10.1. The largest absolute Gasteiger partial charge is 0.481 e. The van der Waals surface area contributed by atoms with E-state index in [2.05, 4.69) is 0 Å². The third-order valence-corrected chi connectivity index (χ3v) is 6.67. The summed E-state index contributed by atoms with van der Waals surface area (Å²) in [4.78, 5) is 24.8. The third kappa shape index (κ3) is 4.42. The molecule has 0 saturated heterocycles. The number of carboxylic acid groups (broad SMARTS) is 1. The van der Waals surface area contributed by atoms with Gasteiger partial charge in [-0.05, 0) is 43.0 Å². The Hall–Kier alpha value is -1.93. The number of sulfonamides is 1. The SMILES string of the molecule is CCN(CC)S(=O)(=O)c1ccc2c(c1)CCN2C(=O)CCCCC(=O)O. The van der Waals surface area contributed by atoms with Gasteiger partial charge in [0.15, 0.2) is 0 Å². The molecule has 1 aromatic rings. The minimum absolute atomic E-state index is 0.0477. The van der Waals surface area contributed by atoms with Crippen molar-refractivity contribution in [3.63, 3.8) is 0 Å². The summed E-state index contributed by atoms with van der Waals surface area (Å²) in [7, 11) is -3.51. The predicted molar refractivity (Wildman–Crippen MR) is 98.7 cm³/mol. The summed E-state index contributed by atoms with van der Waals surface area (Å²) in [6.07, 6.45) is 1.99. The van der Waals surface area contributed by atoms with Crippen LogP contribution in [0.4, 0.5) is 5.69 Å². The predicted octanol–water partition coefficient (Wildman–Crippen LogP) is 2.25. The zero-order valence-corrected chi connectivity index (χ0v) is 16.1. The number of anilines is 1. The number of amides is 1. The topological polar surface area (TPSA) is 95.0 Å². The number of carbonyl (C=O) groups excluding carboxylic acids is 1. The van der Waals surface area contributed by atoms with E-state index in [0.717, 1.165) is 11.3 Å². The van der Waals surface area contributed by atoms with E-state index in [1.165, 1.54) is 4.31 Å². The molecule has 0 aliphatic carbocycles. The van der Waals surface area contributed by atoms with Crippen molar-refractivity contribution >= 4 is 27.6 Å². The van der Waals surface area contributed by atoms with Crippen LogP contribution in [-0.4, -0.2) is 49.3 Å². The maximum Gasteiger partial charge on any atom is 0.303 e. The number of nitrogens with zero attached hydrogens (tertiary/aromatic N) is 2. The summed E-state index contributed by atoms with van der Waals surface area (Å²) in [6, 6.07) is 4.93. The Morgan fingerprint density at radius 2 is 1.81 bits per heavy atom. The molecule has 7 nitrogen and oxygen atoms in total. The van der Waals surface area contributed by atoms with E-state index in [-0.39, 0.29) is 17.2 Å². The molecule has 0 saturated carbocycles. The second-order valence-electron chi connectivity index (χ2n) is 6.28. The molecular formula is C18H26N2O5S.